The van der Waals surface area contributed by atoms with Gasteiger partial charge in [-0.15, -0.1) is 0 Å². The Balaban J connectivity index is 1.95. The lowest BCUT2D eigenvalue weighted by atomic mass is 10.2. The first-order valence-electron chi connectivity index (χ1n) is 6.52. The van der Waals surface area contributed by atoms with Gasteiger partial charge in [0.15, 0.2) is 0 Å². The molecule has 1 aliphatic rings. The standard InChI is InChI=1S/C14H20FNO3/c1-17-7-5-16-9-11-8-12(15)2-3-14(11)19-13-4-6-18-10-13/h2-3,8,13,16H,4-7,9-10H2,1H3. The summed E-state index contributed by atoms with van der Waals surface area (Å²) in [5, 5.41) is 3.19. The van der Waals surface area contributed by atoms with Gasteiger partial charge in [-0.05, 0) is 18.2 Å². The fraction of sp³-hybridized carbons (Fsp3) is 0.571. The Bertz CT molecular complexity index is 394. The minimum absolute atomic E-state index is 0.0724. The van der Waals surface area contributed by atoms with Gasteiger partial charge in [-0.25, -0.2) is 4.39 Å². The van der Waals surface area contributed by atoms with Crippen molar-refractivity contribution in [2.24, 2.45) is 0 Å². The van der Waals surface area contributed by atoms with Crippen LogP contribution in [0.1, 0.15) is 12.0 Å². The van der Waals surface area contributed by atoms with E-state index in [4.69, 9.17) is 14.2 Å². The molecule has 1 heterocycles. The number of ether oxygens (including phenoxy) is 3. The second kappa shape index (κ2) is 7.43. The van der Waals surface area contributed by atoms with E-state index in [-0.39, 0.29) is 11.9 Å². The highest BCUT2D eigenvalue weighted by molar-refractivity contribution is 5.34. The molecule has 0 spiro atoms. The molecule has 5 heteroatoms. The van der Waals surface area contributed by atoms with Gasteiger partial charge in [0.25, 0.3) is 0 Å². The van der Waals surface area contributed by atoms with Crippen molar-refractivity contribution in [2.75, 3.05) is 33.5 Å². The van der Waals surface area contributed by atoms with Gasteiger partial charge in [0.05, 0.1) is 19.8 Å². The van der Waals surface area contributed by atoms with Gasteiger partial charge in [0.1, 0.15) is 17.7 Å². The van der Waals surface area contributed by atoms with Crippen LogP contribution in [-0.4, -0.2) is 39.6 Å². The molecular weight excluding hydrogens is 249 g/mol. The molecule has 1 aliphatic heterocycles. The number of hydrogen-bond donors (Lipinski definition) is 1. The van der Waals surface area contributed by atoms with E-state index < -0.39 is 0 Å². The number of nitrogens with one attached hydrogen (secondary N) is 1. The summed E-state index contributed by atoms with van der Waals surface area (Å²) >= 11 is 0. The lowest BCUT2D eigenvalue weighted by Crippen LogP contribution is -2.21. The van der Waals surface area contributed by atoms with E-state index in [2.05, 4.69) is 5.32 Å². The van der Waals surface area contributed by atoms with Crippen molar-refractivity contribution >= 4 is 0 Å². The first kappa shape index (κ1) is 14.2. The Morgan fingerprint density at radius 1 is 1.47 bits per heavy atom. The summed E-state index contributed by atoms with van der Waals surface area (Å²) in [6.45, 7) is 3.24. The fourth-order valence-electron chi connectivity index (χ4n) is 1.98. The monoisotopic (exact) mass is 269 g/mol. The zero-order valence-electron chi connectivity index (χ0n) is 11.2. The van der Waals surface area contributed by atoms with Crippen LogP contribution in [0.25, 0.3) is 0 Å². The predicted molar refractivity (Wildman–Crippen MR) is 69.8 cm³/mol. The van der Waals surface area contributed by atoms with E-state index in [1.54, 1.807) is 13.2 Å². The summed E-state index contributed by atoms with van der Waals surface area (Å²) in [7, 11) is 1.65. The molecule has 1 atom stereocenters. The summed E-state index contributed by atoms with van der Waals surface area (Å²) in [6, 6.07) is 4.61. The maximum atomic E-state index is 13.3. The Morgan fingerprint density at radius 3 is 3.11 bits per heavy atom. The Kier molecular flexibility index (Phi) is 5.57. The zero-order valence-corrected chi connectivity index (χ0v) is 11.2. The maximum Gasteiger partial charge on any atom is 0.124 e. The maximum absolute atomic E-state index is 13.3. The average Bonchev–Trinajstić information content (AvgIpc) is 2.90. The van der Waals surface area contributed by atoms with Gasteiger partial charge in [-0.1, -0.05) is 0 Å². The molecule has 2 rings (SSSR count). The SMILES string of the molecule is COCCNCc1cc(F)ccc1OC1CCOC1. The molecule has 106 valence electrons. The lowest BCUT2D eigenvalue weighted by Gasteiger charge is -2.16. The van der Waals surface area contributed by atoms with Crippen LogP contribution < -0.4 is 10.1 Å². The molecule has 0 aliphatic carbocycles. The third-order valence-corrected chi connectivity index (χ3v) is 3.00. The molecule has 0 bridgehead atoms. The third-order valence-electron chi connectivity index (χ3n) is 3.00. The number of halogens is 1. The largest absolute Gasteiger partial charge is 0.488 e. The van der Waals surface area contributed by atoms with Crippen molar-refractivity contribution in [1.82, 2.24) is 5.32 Å². The zero-order chi connectivity index (χ0) is 13.5. The molecule has 19 heavy (non-hydrogen) atoms. The van der Waals surface area contributed by atoms with E-state index in [1.165, 1.54) is 12.1 Å². The van der Waals surface area contributed by atoms with Crippen LogP contribution in [0.2, 0.25) is 0 Å². The first-order valence-corrected chi connectivity index (χ1v) is 6.52. The van der Waals surface area contributed by atoms with Crippen LogP contribution in [0, 0.1) is 5.82 Å². The van der Waals surface area contributed by atoms with Gasteiger partial charge in [-0.2, -0.15) is 0 Å². The molecular formula is C14H20FNO3. The van der Waals surface area contributed by atoms with Gasteiger partial charge in [0, 0.05) is 32.2 Å². The number of rotatable bonds is 7. The van der Waals surface area contributed by atoms with Crippen molar-refractivity contribution in [3.05, 3.63) is 29.6 Å². The van der Waals surface area contributed by atoms with E-state index in [1.807, 2.05) is 0 Å². The summed E-state index contributed by atoms with van der Waals surface area (Å²) in [5.41, 5.74) is 0.822. The number of methoxy groups -OCH3 is 1. The molecule has 0 amide bonds. The van der Waals surface area contributed by atoms with Crippen molar-refractivity contribution in [3.63, 3.8) is 0 Å². The number of hydrogen-bond acceptors (Lipinski definition) is 4. The topological polar surface area (TPSA) is 39.7 Å². The molecule has 1 unspecified atom stereocenters. The van der Waals surface area contributed by atoms with Gasteiger partial charge in [0.2, 0.25) is 0 Å². The minimum Gasteiger partial charge on any atom is -0.488 e. The third kappa shape index (κ3) is 4.45. The van der Waals surface area contributed by atoms with E-state index in [9.17, 15) is 4.39 Å². The highest BCUT2D eigenvalue weighted by atomic mass is 19.1. The Hall–Kier alpha value is -1.17. The Labute approximate surface area is 112 Å². The van der Waals surface area contributed by atoms with E-state index in [0.717, 1.165) is 30.9 Å². The molecule has 4 nitrogen and oxygen atoms in total. The minimum atomic E-state index is -0.251. The van der Waals surface area contributed by atoms with Crippen LogP contribution >= 0.6 is 0 Å². The van der Waals surface area contributed by atoms with Crippen LogP contribution in [0.3, 0.4) is 0 Å². The van der Waals surface area contributed by atoms with Gasteiger partial charge >= 0.3 is 0 Å². The Morgan fingerprint density at radius 2 is 2.37 bits per heavy atom. The summed E-state index contributed by atoms with van der Waals surface area (Å²) < 4.78 is 29.4. The normalized spacial score (nSPS) is 18.7. The van der Waals surface area contributed by atoms with Crippen molar-refractivity contribution < 1.29 is 18.6 Å². The van der Waals surface area contributed by atoms with Gasteiger partial charge in [-0.3, -0.25) is 0 Å². The van der Waals surface area contributed by atoms with Crippen molar-refractivity contribution in [3.8, 4) is 5.75 Å². The second-order valence-electron chi connectivity index (χ2n) is 4.53. The van der Waals surface area contributed by atoms with E-state index >= 15 is 0 Å². The average molecular weight is 269 g/mol. The summed E-state index contributed by atoms with van der Waals surface area (Å²) in [6.07, 6.45) is 0.955. The van der Waals surface area contributed by atoms with Crippen LogP contribution in [0.5, 0.6) is 5.75 Å². The molecule has 1 aromatic rings. The fourth-order valence-corrected chi connectivity index (χ4v) is 1.98. The molecule has 1 aromatic carbocycles. The van der Waals surface area contributed by atoms with Crippen LogP contribution in [0.4, 0.5) is 4.39 Å². The molecule has 1 N–H and O–H groups in total. The molecule has 0 aromatic heterocycles. The highest BCUT2D eigenvalue weighted by Gasteiger charge is 2.18. The highest BCUT2D eigenvalue weighted by Crippen LogP contribution is 2.23. The van der Waals surface area contributed by atoms with Crippen molar-refractivity contribution in [2.45, 2.75) is 19.1 Å². The molecule has 1 saturated heterocycles. The predicted octanol–water partition coefficient (Wildman–Crippen LogP) is 1.73. The van der Waals surface area contributed by atoms with Crippen molar-refractivity contribution in [1.29, 1.82) is 0 Å². The summed E-state index contributed by atoms with van der Waals surface area (Å²) in [4.78, 5) is 0. The van der Waals surface area contributed by atoms with Crippen LogP contribution in [-0.2, 0) is 16.0 Å². The smallest absolute Gasteiger partial charge is 0.124 e. The van der Waals surface area contributed by atoms with E-state index in [0.29, 0.717) is 19.8 Å². The molecule has 1 fully saturated rings. The van der Waals surface area contributed by atoms with Gasteiger partial charge < -0.3 is 19.5 Å². The van der Waals surface area contributed by atoms with Crippen LogP contribution in [0.15, 0.2) is 18.2 Å². The summed E-state index contributed by atoms with van der Waals surface area (Å²) in [5.74, 6) is 0.473. The quantitative estimate of drug-likeness (QED) is 0.765. The molecule has 0 radical (unpaired) electrons. The number of benzene rings is 1. The lowest BCUT2D eigenvalue weighted by molar-refractivity contribution is 0.140. The molecule has 0 saturated carbocycles. The second-order valence-corrected chi connectivity index (χ2v) is 4.53. The first-order chi connectivity index (χ1) is 9.29.